The van der Waals surface area contributed by atoms with Gasteiger partial charge in [-0.05, 0) is 37.9 Å². The first-order valence-corrected chi connectivity index (χ1v) is 10.7. The first-order valence-electron chi connectivity index (χ1n) is 9.20. The van der Waals surface area contributed by atoms with E-state index in [0.717, 1.165) is 16.5 Å². The molecule has 2 aromatic carbocycles. The molecule has 156 valence electrons. The van der Waals surface area contributed by atoms with Crippen LogP contribution in [0.25, 0.3) is 10.9 Å². The van der Waals surface area contributed by atoms with Crippen molar-refractivity contribution in [3.05, 3.63) is 54.2 Å². The van der Waals surface area contributed by atoms with Gasteiger partial charge in [0.1, 0.15) is 16.4 Å². The van der Waals surface area contributed by atoms with Crippen LogP contribution in [-0.4, -0.2) is 52.7 Å². The number of methoxy groups -OCH3 is 2. The molecule has 7 nitrogen and oxygen atoms in total. The molecule has 1 unspecified atom stereocenters. The summed E-state index contributed by atoms with van der Waals surface area (Å²) in [7, 11) is 5.05. The fourth-order valence-electron chi connectivity index (χ4n) is 3.47. The van der Waals surface area contributed by atoms with Crippen molar-refractivity contribution >= 4 is 20.9 Å². The molecular weight excluding hydrogens is 390 g/mol. The maximum absolute atomic E-state index is 13.0. The van der Waals surface area contributed by atoms with Crippen LogP contribution >= 0.6 is 0 Å². The second-order valence-corrected chi connectivity index (χ2v) is 8.80. The van der Waals surface area contributed by atoms with Crippen LogP contribution in [0.5, 0.6) is 11.5 Å². The molecular formula is C21H27N3O4S. The highest BCUT2D eigenvalue weighted by atomic mass is 32.2. The Morgan fingerprint density at radius 3 is 2.48 bits per heavy atom. The summed E-state index contributed by atoms with van der Waals surface area (Å²) in [5.41, 5.74) is 2.17. The third kappa shape index (κ3) is 4.24. The van der Waals surface area contributed by atoms with Gasteiger partial charge in [0.05, 0.1) is 14.2 Å². The summed E-state index contributed by atoms with van der Waals surface area (Å²) >= 11 is 0. The number of hydrogen-bond acceptors (Lipinski definition) is 5. The first-order chi connectivity index (χ1) is 13.8. The fraction of sp³-hybridized carbons (Fsp3) is 0.333. The largest absolute Gasteiger partial charge is 0.497 e. The van der Waals surface area contributed by atoms with Gasteiger partial charge >= 0.3 is 0 Å². The summed E-state index contributed by atoms with van der Waals surface area (Å²) in [6, 6.07) is 12.6. The molecule has 0 saturated heterocycles. The molecule has 0 aliphatic heterocycles. The van der Waals surface area contributed by atoms with Crippen molar-refractivity contribution in [1.82, 2.24) is 14.2 Å². The number of rotatable bonds is 8. The van der Waals surface area contributed by atoms with Crippen molar-refractivity contribution < 1.29 is 17.9 Å². The van der Waals surface area contributed by atoms with E-state index >= 15 is 0 Å². The Hall–Kier alpha value is -2.55. The summed E-state index contributed by atoms with van der Waals surface area (Å²) in [6.07, 6.45) is 2.05. The molecule has 1 heterocycles. The van der Waals surface area contributed by atoms with Crippen molar-refractivity contribution in [2.75, 3.05) is 34.9 Å². The van der Waals surface area contributed by atoms with Gasteiger partial charge in [0.15, 0.2) is 0 Å². The standard InChI is InChI=1S/C21H27N3O4S/c1-23(2)19(17-14-24(3)18-9-7-6-8-16(17)18)13-22-29(25,26)21-11-10-15(27-4)12-20(21)28-5/h6-12,14,19,22H,13H2,1-5H3. The minimum absolute atomic E-state index is 0.0798. The van der Waals surface area contributed by atoms with Crippen molar-refractivity contribution in [2.24, 2.45) is 7.05 Å². The Kier molecular flexibility index (Phi) is 6.16. The highest BCUT2D eigenvalue weighted by Gasteiger charge is 2.25. The number of fused-ring (bicyclic) bond motifs is 1. The van der Waals surface area contributed by atoms with E-state index in [2.05, 4.69) is 27.6 Å². The molecule has 3 rings (SSSR count). The van der Waals surface area contributed by atoms with Gasteiger partial charge in [-0.2, -0.15) is 0 Å². The van der Waals surface area contributed by atoms with Gasteiger partial charge in [0.25, 0.3) is 0 Å². The third-order valence-electron chi connectivity index (χ3n) is 5.04. The molecule has 1 atom stereocenters. The zero-order valence-corrected chi connectivity index (χ0v) is 18.2. The Morgan fingerprint density at radius 2 is 1.83 bits per heavy atom. The zero-order valence-electron chi connectivity index (χ0n) is 17.3. The molecule has 3 aromatic rings. The van der Waals surface area contributed by atoms with E-state index in [4.69, 9.17) is 9.47 Å². The summed E-state index contributed by atoms with van der Waals surface area (Å²) in [6.45, 7) is 0.221. The van der Waals surface area contributed by atoms with Crippen LogP contribution in [-0.2, 0) is 17.1 Å². The predicted molar refractivity (Wildman–Crippen MR) is 114 cm³/mol. The van der Waals surface area contributed by atoms with E-state index in [1.807, 2.05) is 38.2 Å². The average Bonchev–Trinajstić information content (AvgIpc) is 3.04. The van der Waals surface area contributed by atoms with Crippen molar-refractivity contribution in [3.63, 3.8) is 0 Å². The number of likely N-dealkylation sites (N-methyl/N-ethyl adjacent to an activating group) is 1. The van der Waals surface area contributed by atoms with Gasteiger partial charge in [-0.15, -0.1) is 0 Å². The number of aromatic nitrogens is 1. The average molecular weight is 418 g/mol. The maximum Gasteiger partial charge on any atom is 0.244 e. The van der Waals surface area contributed by atoms with E-state index in [1.165, 1.54) is 20.3 Å². The first kappa shape index (κ1) is 21.2. The van der Waals surface area contributed by atoms with Gasteiger partial charge < -0.3 is 18.9 Å². The summed E-state index contributed by atoms with van der Waals surface area (Å²) in [5.74, 6) is 0.770. The lowest BCUT2D eigenvalue weighted by molar-refractivity contribution is 0.300. The summed E-state index contributed by atoms with van der Waals surface area (Å²) in [4.78, 5) is 2.09. The number of para-hydroxylation sites is 1. The minimum atomic E-state index is -3.78. The lowest BCUT2D eigenvalue weighted by Crippen LogP contribution is -2.34. The van der Waals surface area contributed by atoms with Gasteiger partial charge in [0, 0.05) is 42.8 Å². The highest BCUT2D eigenvalue weighted by Crippen LogP contribution is 2.30. The molecule has 8 heteroatoms. The van der Waals surface area contributed by atoms with E-state index in [0.29, 0.717) is 5.75 Å². The van der Waals surface area contributed by atoms with E-state index in [-0.39, 0.29) is 23.2 Å². The SMILES string of the molecule is COc1ccc(S(=O)(=O)NCC(c2cn(C)c3ccccc23)N(C)C)c(OC)c1. The van der Waals surface area contributed by atoms with Crippen LogP contribution in [0, 0.1) is 0 Å². The third-order valence-corrected chi connectivity index (χ3v) is 6.50. The van der Waals surface area contributed by atoms with Gasteiger partial charge in [-0.25, -0.2) is 13.1 Å². The number of aryl methyl sites for hydroxylation is 1. The van der Waals surface area contributed by atoms with Crippen molar-refractivity contribution in [1.29, 1.82) is 0 Å². The zero-order chi connectivity index (χ0) is 21.2. The molecule has 0 fully saturated rings. The Bertz CT molecular complexity index is 1110. The second kappa shape index (κ2) is 8.44. The molecule has 0 aliphatic carbocycles. The quantitative estimate of drug-likeness (QED) is 0.610. The maximum atomic E-state index is 13.0. The predicted octanol–water partition coefficient (Wildman–Crippen LogP) is 2.78. The van der Waals surface area contributed by atoms with E-state index < -0.39 is 10.0 Å². The smallest absolute Gasteiger partial charge is 0.244 e. The number of benzene rings is 2. The minimum Gasteiger partial charge on any atom is -0.497 e. The van der Waals surface area contributed by atoms with Crippen molar-refractivity contribution in [2.45, 2.75) is 10.9 Å². The van der Waals surface area contributed by atoms with Gasteiger partial charge in [0.2, 0.25) is 10.0 Å². The van der Waals surface area contributed by atoms with Crippen LogP contribution in [0.4, 0.5) is 0 Å². The number of nitrogens with zero attached hydrogens (tertiary/aromatic N) is 2. The van der Waals surface area contributed by atoms with Crippen molar-refractivity contribution in [3.8, 4) is 11.5 Å². The lowest BCUT2D eigenvalue weighted by atomic mass is 10.1. The Balaban J connectivity index is 1.91. The number of ether oxygens (including phenoxy) is 2. The molecule has 29 heavy (non-hydrogen) atoms. The monoisotopic (exact) mass is 417 g/mol. The second-order valence-electron chi connectivity index (χ2n) is 7.06. The van der Waals surface area contributed by atoms with Gasteiger partial charge in [-0.1, -0.05) is 18.2 Å². The molecule has 1 N–H and O–H groups in total. The fourth-order valence-corrected chi connectivity index (χ4v) is 4.66. The molecule has 0 spiro atoms. The Labute approximate surface area is 171 Å². The summed E-state index contributed by atoms with van der Waals surface area (Å²) < 4.78 is 41.2. The Morgan fingerprint density at radius 1 is 1.10 bits per heavy atom. The molecule has 0 bridgehead atoms. The van der Waals surface area contributed by atoms with Crippen LogP contribution in [0.3, 0.4) is 0 Å². The number of hydrogen-bond donors (Lipinski definition) is 1. The molecule has 0 amide bonds. The summed E-state index contributed by atoms with van der Waals surface area (Å²) in [5, 5.41) is 1.11. The molecule has 1 aromatic heterocycles. The molecule has 0 radical (unpaired) electrons. The van der Waals surface area contributed by atoms with E-state index in [1.54, 1.807) is 12.1 Å². The normalized spacial score (nSPS) is 13.0. The molecule has 0 aliphatic rings. The van der Waals surface area contributed by atoms with E-state index in [9.17, 15) is 8.42 Å². The number of sulfonamides is 1. The van der Waals surface area contributed by atoms with Crippen LogP contribution in [0.2, 0.25) is 0 Å². The van der Waals surface area contributed by atoms with Crippen LogP contribution < -0.4 is 14.2 Å². The lowest BCUT2D eigenvalue weighted by Gasteiger charge is -2.24. The number of nitrogens with one attached hydrogen (secondary N) is 1. The topological polar surface area (TPSA) is 72.8 Å². The molecule has 0 saturated carbocycles. The van der Waals surface area contributed by atoms with Crippen LogP contribution in [0.1, 0.15) is 11.6 Å². The van der Waals surface area contributed by atoms with Crippen LogP contribution in [0.15, 0.2) is 53.6 Å². The van der Waals surface area contributed by atoms with Gasteiger partial charge in [-0.3, -0.25) is 0 Å². The highest BCUT2D eigenvalue weighted by molar-refractivity contribution is 7.89.